The highest BCUT2D eigenvalue weighted by atomic mass is 19.2. The highest BCUT2D eigenvalue weighted by Gasteiger charge is 2.29. The SMILES string of the molecule is CC1CCC(NC(=O)CN2CCN(c3c(F)c(F)nc(F)c3F)CC2)CC1. The van der Waals surface area contributed by atoms with Crippen molar-refractivity contribution >= 4 is 11.6 Å². The summed E-state index contributed by atoms with van der Waals surface area (Å²) in [5.41, 5.74) is -0.736. The molecule has 1 saturated carbocycles. The molecule has 1 aliphatic heterocycles. The van der Waals surface area contributed by atoms with Crippen molar-refractivity contribution in [3.8, 4) is 0 Å². The van der Waals surface area contributed by atoms with Gasteiger partial charge in [-0.15, -0.1) is 0 Å². The minimum atomic E-state index is -1.66. The molecular weight excluding hydrogens is 364 g/mol. The van der Waals surface area contributed by atoms with E-state index in [1.54, 1.807) is 0 Å². The fourth-order valence-electron chi connectivity index (χ4n) is 3.76. The largest absolute Gasteiger partial charge is 0.364 e. The molecule has 1 N–H and O–H groups in total. The first-order chi connectivity index (χ1) is 12.8. The number of aromatic nitrogens is 1. The van der Waals surface area contributed by atoms with Crippen molar-refractivity contribution in [3.05, 3.63) is 23.5 Å². The molecule has 2 fully saturated rings. The van der Waals surface area contributed by atoms with Gasteiger partial charge in [-0.05, 0) is 31.6 Å². The van der Waals surface area contributed by atoms with Crippen LogP contribution < -0.4 is 10.2 Å². The Morgan fingerprint density at radius 1 is 1.00 bits per heavy atom. The Morgan fingerprint density at radius 2 is 1.56 bits per heavy atom. The Hall–Kier alpha value is -1.90. The van der Waals surface area contributed by atoms with Crippen LogP contribution in [0, 0.1) is 29.4 Å². The number of amides is 1. The van der Waals surface area contributed by atoms with Gasteiger partial charge in [-0.1, -0.05) is 6.92 Å². The van der Waals surface area contributed by atoms with E-state index in [-0.39, 0.29) is 31.6 Å². The monoisotopic (exact) mass is 388 g/mol. The van der Waals surface area contributed by atoms with E-state index in [0.29, 0.717) is 19.0 Å². The Bertz CT molecular complexity index is 660. The van der Waals surface area contributed by atoms with Crippen molar-refractivity contribution in [2.45, 2.75) is 38.6 Å². The predicted molar refractivity (Wildman–Crippen MR) is 92.3 cm³/mol. The maximum atomic E-state index is 13.9. The molecule has 1 aliphatic carbocycles. The topological polar surface area (TPSA) is 48.5 Å². The lowest BCUT2D eigenvalue weighted by molar-refractivity contribution is -0.123. The molecule has 5 nitrogen and oxygen atoms in total. The van der Waals surface area contributed by atoms with Gasteiger partial charge in [0.1, 0.15) is 5.69 Å². The maximum absolute atomic E-state index is 13.9. The van der Waals surface area contributed by atoms with E-state index in [1.807, 2.05) is 4.90 Å². The van der Waals surface area contributed by atoms with Gasteiger partial charge >= 0.3 is 0 Å². The quantitative estimate of drug-likeness (QED) is 0.636. The number of piperazine rings is 1. The number of nitrogens with one attached hydrogen (secondary N) is 1. The Kier molecular flexibility index (Phi) is 6.18. The van der Waals surface area contributed by atoms with E-state index in [0.717, 1.165) is 25.7 Å². The van der Waals surface area contributed by atoms with Crippen LogP contribution in [0.4, 0.5) is 23.2 Å². The number of hydrogen-bond acceptors (Lipinski definition) is 4. The molecule has 9 heteroatoms. The number of halogens is 4. The fourth-order valence-corrected chi connectivity index (χ4v) is 3.76. The second-order valence-corrected chi connectivity index (χ2v) is 7.46. The molecule has 1 aromatic rings. The summed E-state index contributed by atoms with van der Waals surface area (Å²) in [6, 6.07) is 0.209. The zero-order valence-corrected chi connectivity index (χ0v) is 15.3. The molecular formula is C18H24F4N4O. The average Bonchev–Trinajstić information content (AvgIpc) is 2.63. The van der Waals surface area contributed by atoms with Crippen LogP contribution >= 0.6 is 0 Å². The first-order valence-corrected chi connectivity index (χ1v) is 9.31. The van der Waals surface area contributed by atoms with Crippen molar-refractivity contribution in [3.63, 3.8) is 0 Å². The molecule has 0 radical (unpaired) electrons. The maximum Gasteiger partial charge on any atom is 0.253 e. The van der Waals surface area contributed by atoms with E-state index in [9.17, 15) is 22.4 Å². The lowest BCUT2D eigenvalue weighted by Gasteiger charge is -2.36. The third-order valence-corrected chi connectivity index (χ3v) is 5.41. The summed E-state index contributed by atoms with van der Waals surface area (Å²) in [7, 11) is 0. The molecule has 1 saturated heterocycles. The van der Waals surface area contributed by atoms with E-state index < -0.39 is 29.2 Å². The Labute approximate surface area is 155 Å². The zero-order chi connectivity index (χ0) is 19.6. The molecule has 1 aromatic heterocycles. The molecule has 2 heterocycles. The first-order valence-electron chi connectivity index (χ1n) is 9.31. The van der Waals surface area contributed by atoms with E-state index >= 15 is 0 Å². The van der Waals surface area contributed by atoms with Gasteiger partial charge in [-0.2, -0.15) is 22.5 Å². The molecule has 2 aliphatic rings. The minimum absolute atomic E-state index is 0.0682. The van der Waals surface area contributed by atoms with Gasteiger partial charge in [-0.25, -0.2) is 0 Å². The molecule has 1 amide bonds. The molecule has 3 rings (SSSR count). The van der Waals surface area contributed by atoms with Crippen molar-refractivity contribution in [1.29, 1.82) is 0 Å². The van der Waals surface area contributed by atoms with Crippen LogP contribution in [0.1, 0.15) is 32.6 Å². The van der Waals surface area contributed by atoms with Crippen LogP contribution in [-0.2, 0) is 4.79 Å². The van der Waals surface area contributed by atoms with E-state index in [2.05, 4.69) is 17.2 Å². The summed E-state index contributed by atoms with van der Waals surface area (Å²) in [6.45, 7) is 3.45. The van der Waals surface area contributed by atoms with Crippen molar-refractivity contribution in [2.24, 2.45) is 5.92 Å². The normalized spacial score (nSPS) is 24.1. The predicted octanol–water partition coefficient (Wildman–Crippen LogP) is 2.45. The second-order valence-electron chi connectivity index (χ2n) is 7.46. The van der Waals surface area contributed by atoms with Crippen LogP contribution in [0.25, 0.3) is 0 Å². The van der Waals surface area contributed by atoms with Crippen LogP contribution in [0.15, 0.2) is 0 Å². The molecule has 0 bridgehead atoms. The molecule has 0 atom stereocenters. The number of hydrogen-bond donors (Lipinski definition) is 1. The third kappa shape index (κ3) is 4.69. The summed E-state index contributed by atoms with van der Waals surface area (Å²) >= 11 is 0. The number of carbonyl (C=O) groups is 1. The summed E-state index contributed by atoms with van der Waals surface area (Å²) in [5.74, 6) is -5.67. The Balaban J connectivity index is 1.51. The van der Waals surface area contributed by atoms with Crippen LogP contribution in [-0.4, -0.2) is 54.6 Å². The molecule has 27 heavy (non-hydrogen) atoms. The van der Waals surface area contributed by atoms with Gasteiger partial charge in [-0.3, -0.25) is 9.69 Å². The zero-order valence-electron chi connectivity index (χ0n) is 15.3. The highest BCUT2D eigenvalue weighted by molar-refractivity contribution is 5.78. The van der Waals surface area contributed by atoms with Gasteiger partial charge in [0.05, 0.1) is 6.54 Å². The lowest BCUT2D eigenvalue weighted by Crippen LogP contribution is -2.51. The number of anilines is 1. The highest BCUT2D eigenvalue weighted by Crippen LogP contribution is 2.27. The number of nitrogens with zero attached hydrogens (tertiary/aromatic N) is 3. The first kappa shape index (κ1) is 19.9. The molecule has 150 valence electrons. The number of carbonyl (C=O) groups excluding carboxylic acids is 1. The van der Waals surface area contributed by atoms with Gasteiger partial charge in [0.2, 0.25) is 17.5 Å². The summed E-state index contributed by atoms with van der Waals surface area (Å²) in [5, 5.41) is 3.04. The lowest BCUT2D eigenvalue weighted by atomic mass is 9.87. The second kappa shape index (κ2) is 8.41. The smallest absolute Gasteiger partial charge is 0.253 e. The van der Waals surface area contributed by atoms with Gasteiger partial charge in [0.15, 0.2) is 0 Å². The van der Waals surface area contributed by atoms with Crippen LogP contribution in [0.2, 0.25) is 0 Å². The fraction of sp³-hybridized carbons (Fsp3) is 0.667. The molecule has 0 aromatic carbocycles. The minimum Gasteiger partial charge on any atom is -0.364 e. The van der Waals surface area contributed by atoms with Crippen molar-refractivity contribution in [2.75, 3.05) is 37.6 Å². The molecule has 0 spiro atoms. The van der Waals surface area contributed by atoms with Gasteiger partial charge in [0, 0.05) is 32.2 Å². The third-order valence-electron chi connectivity index (χ3n) is 5.41. The van der Waals surface area contributed by atoms with E-state index in [1.165, 1.54) is 4.90 Å². The standard InChI is InChI=1S/C18H24F4N4O/c1-11-2-4-12(5-3-11)23-13(27)10-25-6-8-26(9-7-25)16-14(19)17(21)24-18(22)15(16)20/h11-12H,2-10H2,1H3,(H,23,27). The number of rotatable bonds is 4. The Morgan fingerprint density at radius 3 is 2.11 bits per heavy atom. The van der Waals surface area contributed by atoms with Crippen LogP contribution in [0.3, 0.4) is 0 Å². The van der Waals surface area contributed by atoms with E-state index in [4.69, 9.17) is 0 Å². The van der Waals surface area contributed by atoms with Crippen LogP contribution in [0.5, 0.6) is 0 Å². The van der Waals surface area contributed by atoms with Gasteiger partial charge in [0.25, 0.3) is 11.9 Å². The van der Waals surface area contributed by atoms with Crippen molar-refractivity contribution in [1.82, 2.24) is 15.2 Å². The summed E-state index contributed by atoms with van der Waals surface area (Å²) in [6.07, 6.45) is 4.19. The molecule has 0 unspecified atom stereocenters. The van der Waals surface area contributed by atoms with Crippen molar-refractivity contribution < 1.29 is 22.4 Å². The summed E-state index contributed by atoms with van der Waals surface area (Å²) < 4.78 is 54.3. The van der Waals surface area contributed by atoms with Gasteiger partial charge < -0.3 is 10.2 Å². The average molecular weight is 388 g/mol. The number of pyridine rings is 1. The summed E-state index contributed by atoms with van der Waals surface area (Å²) in [4.78, 5) is 17.9.